The molecule has 2 aromatic carbocycles. The molecule has 130 valence electrons. The number of hydrogen-bond donors (Lipinski definition) is 2. The van der Waals surface area contributed by atoms with Gasteiger partial charge in [-0.1, -0.05) is 42.5 Å². The zero-order valence-electron chi connectivity index (χ0n) is 14.4. The van der Waals surface area contributed by atoms with Crippen LogP contribution in [0, 0.1) is 0 Å². The predicted octanol–water partition coefficient (Wildman–Crippen LogP) is 3.83. The molecule has 0 bridgehead atoms. The maximum Gasteiger partial charge on any atom is 0.224 e. The molecule has 0 fully saturated rings. The molecule has 0 atom stereocenters. The van der Waals surface area contributed by atoms with E-state index in [-0.39, 0.29) is 5.91 Å². The molecule has 0 aliphatic rings. The Kier molecular flexibility index (Phi) is 4.37. The lowest BCUT2D eigenvalue weighted by Crippen LogP contribution is -2.13. The number of hydrogen-bond acceptors (Lipinski definition) is 3. The van der Waals surface area contributed by atoms with E-state index in [1.165, 1.54) is 10.8 Å². The zero-order chi connectivity index (χ0) is 17.9. The summed E-state index contributed by atoms with van der Waals surface area (Å²) in [6.45, 7) is 0.516. The molecule has 5 heteroatoms. The van der Waals surface area contributed by atoms with E-state index in [1.807, 2.05) is 47.1 Å². The van der Waals surface area contributed by atoms with Crippen LogP contribution < -0.4 is 11.1 Å². The number of pyridine rings is 1. The van der Waals surface area contributed by atoms with Crippen LogP contribution in [-0.2, 0) is 4.79 Å². The SMILES string of the molecule is NCCCC(=O)Nc1ccc2nc(-c3cccc4ccccc34)cn2c1. The number of anilines is 1. The van der Waals surface area contributed by atoms with E-state index in [9.17, 15) is 4.79 Å². The fourth-order valence-electron chi connectivity index (χ4n) is 3.13. The van der Waals surface area contributed by atoms with Gasteiger partial charge in [0.15, 0.2) is 0 Å². The van der Waals surface area contributed by atoms with Crippen LogP contribution in [0.15, 0.2) is 67.0 Å². The molecule has 0 aliphatic carbocycles. The van der Waals surface area contributed by atoms with Crippen molar-refractivity contribution in [2.24, 2.45) is 5.73 Å². The van der Waals surface area contributed by atoms with Gasteiger partial charge >= 0.3 is 0 Å². The smallest absolute Gasteiger partial charge is 0.224 e. The van der Waals surface area contributed by atoms with Crippen LogP contribution >= 0.6 is 0 Å². The molecule has 4 rings (SSSR count). The number of nitrogens with zero attached hydrogens (tertiary/aromatic N) is 2. The van der Waals surface area contributed by atoms with Gasteiger partial charge in [-0.05, 0) is 35.9 Å². The molecule has 0 aliphatic heterocycles. The first-order valence-corrected chi connectivity index (χ1v) is 8.71. The molecule has 0 radical (unpaired) electrons. The summed E-state index contributed by atoms with van der Waals surface area (Å²) in [5, 5.41) is 5.27. The summed E-state index contributed by atoms with van der Waals surface area (Å²) < 4.78 is 1.94. The molecule has 3 N–H and O–H groups in total. The van der Waals surface area contributed by atoms with Gasteiger partial charge < -0.3 is 15.5 Å². The predicted molar refractivity (Wildman–Crippen MR) is 105 cm³/mol. The molecule has 5 nitrogen and oxygen atoms in total. The summed E-state index contributed by atoms with van der Waals surface area (Å²) >= 11 is 0. The van der Waals surface area contributed by atoms with Crippen molar-refractivity contribution < 1.29 is 4.79 Å². The Morgan fingerprint density at radius 2 is 1.88 bits per heavy atom. The van der Waals surface area contributed by atoms with Crippen molar-refractivity contribution in [3.8, 4) is 11.3 Å². The van der Waals surface area contributed by atoms with Crippen LogP contribution in [0.4, 0.5) is 5.69 Å². The van der Waals surface area contributed by atoms with E-state index in [0.717, 1.165) is 22.6 Å². The maximum absolute atomic E-state index is 11.9. The number of amides is 1. The van der Waals surface area contributed by atoms with Gasteiger partial charge in [-0.15, -0.1) is 0 Å². The van der Waals surface area contributed by atoms with E-state index in [2.05, 4.69) is 29.6 Å². The van der Waals surface area contributed by atoms with Gasteiger partial charge in [0.25, 0.3) is 0 Å². The topological polar surface area (TPSA) is 72.4 Å². The summed E-state index contributed by atoms with van der Waals surface area (Å²) in [5.41, 5.74) is 9.05. The number of fused-ring (bicyclic) bond motifs is 2. The number of carbonyl (C=O) groups is 1. The molecule has 0 saturated carbocycles. The third-order valence-electron chi connectivity index (χ3n) is 4.41. The summed E-state index contributed by atoms with van der Waals surface area (Å²) in [6, 6.07) is 18.3. The van der Waals surface area contributed by atoms with Gasteiger partial charge in [0.05, 0.1) is 11.4 Å². The molecule has 0 saturated heterocycles. The summed E-state index contributed by atoms with van der Waals surface area (Å²) in [5.74, 6) is -0.0239. The van der Waals surface area contributed by atoms with Gasteiger partial charge in [-0.2, -0.15) is 0 Å². The quantitative estimate of drug-likeness (QED) is 0.578. The number of nitrogens with two attached hydrogens (primary N) is 1. The standard InChI is InChI=1S/C21H20N4O/c22-12-4-9-21(26)23-16-10-11-20-24-19(14-25(20)13-16)18-8-3-6-15-5-1-2-7-17(15)18/h1-3,5-8,10-11,13-14H,4,9,12,22H2,(H,23,26). The fourth-order valence-corrected chi connectivity index (χ4v) is 3.13. The Labute approximate surface area is 151 Å². The van der Waals surface area contributed by atoms with Crippen molar-refractivity contribution >= 4 is 28.0 Å². The lowest BCUT2D eigenvalue weighted by atomic mass is 10.0. The number of benzene rings is 2. The van der Waals surface area contributed by atoms with Gasteiger partial charge in [-0.3, -0.25) is 4.79 Å². The molecular formula is C21H20N4O. The number of rotatable bonds is 5. The third kappa shape index (κ3) is 3.17. The monoisotopic (exact) mass is 344 g/mol. The van der Waals surface area contributed by atoms with Crippen molar-refractivity contribution in [1.82, 2.24) is 9.38 Å². The third-order valence-corrected chi connectivity index (χ3v) is 4.41. The fraction of sp³-hybridized carbons (Fsp3) is 0.143. The lowest BCUT2D eigenvalue weighted by Gasteiger charge is -2.05. The second-order valence-electron chi connectivity index (χ2n) is 6.28. The first-order valence-electron chi connectivity index (χ1n) is 8.71. The molecule has 4 aromatic rings. The number of nitrogens with one attached hydrogen (secondary N) is 1. The molecule has 1 amide bonds. The zero-order valence-corrected chi connectivity index (χ0v) is 14.4. The summed E-state index contributed by atoms with van der Waals surface area (Å²) in [7, 11) is 0. The normalized spacial score (nSPS) is 11.1. The average Bonchev–Trinajstić information content (AvgIpc) is 3.09. The van der Waals surface area contributed by atoms with Crippen LogP contribution in [0.25, 0.3) is 27.7 Å². The number of imidazole rings is 1. The Bertz CT molecular complexity index is 1080. The van der Waals surface area contributed by atoms with Crippen LogP contribution in [0.5, 0.6) is 0 Å². The highest BCUT2D eigenvalue weighted by Gasteiger charge is 2.09. The van der Waals surface area contributed by atoms with E-state index in [4.69, 9.17) is 10.7 Å². The van der Waals surface area contributed by atoms with Crippen molar-refractivity contribution in [2.45, 2.75) is 12.8 Å². The Morgan fingerprint density at radius 3 is 2.77 bits per heavy atom. The molecule has 26 heavy (non-hydrogen) atoms. The van der Waals surface area contributed by atoms with Gasteiger partial charge in [-0.25, -0.2) is 4.98 Å². The van der Waals surface area contributed by atoms with E-state index in [0.29, 0.717) is 19.4 Å². The summed E-state index contributed by atoms with van der Waals surface area (Å²) in [6.07, 6.45) is 4.99. The maximum atomic E-state index is 11.9. The highest BCUT2D eigenvalue weighted by molar-refractivity contribution is 5.96. The van der Waals surface area contributed by atoms with Crippen LogP contribution in [0.2, 0.25) is 0 Å². The largest absolute Gasteiger partial charge is 0.330 e. The first kappa shape index (κ1) is 16.3. The lowest BCUT2D eigenvalue weighted by molar-refractivity contribution is -0.116. The second-order valence-corrected chi connectivity index (χ2v) is 6.28. The van der Waals surface area contributed by atoms with Crippen molar-refractivity contribution in [1.29, 1.82) is 0 Å². The molecule has 2 heterocycles. The molecule has 0 spiro atoms. The first-order chi connectivity index (χ1) is 12.7. The minimum Gasteiger partial charge on any atom is -0.330 e. The van der Waals surface area contributed by atoms with Gasteiger partial charge in [0.1, 0.15) is 5.65 Å². The number of carbonyl (C=O) groups excluding carboxylic acids is 1. The van der Waals surface area contributed by atoms with Crippen molar-refractivity contribution in [3.05, 3.63) is 67.0 Å². The minimum atomic E-state index is -0.0239. The summed E-state index contributed by atoms with van der Waals surface area (Å²) in [4.78, 5) is 16.6. The van der Waals surface area contributed by atoms with E-state index in [1.54, 1.807) is 0 Å². The number of aromatic nitrogens is 2. The van der Waals surface area contributed by atoms with Gasteiger partial charge in [0, 0.05) is 24.4 Å². The van der Waals surface area contributed by atoms with Crippen LogP contribution in [-0.4, -0.2) is 21.8 Å². The van der Waals surface area contributed by atoms with Crippen molar-refractivity contribution in [3.63, 3.8) is 0 Å². The molecule has 2 aromatic heterocycles. The Balaban J connectivity index is 1.68. The van der Waals surface area contributed by atoms with Crippen LogP contribution in [0.1, 0.15) is 12.8 Å². The minimum absolute atomic E-state index is 0.0239. The molecule has 0 unspecified atom stereocenters. The highest BCUT2D eigenvalue weighted by Crippen LogP contribution is 2.28. The Hall–Kier alpha value is -3.18. The second kappa shape index (κ2) is 6.98. The van der Waals surface area contributed by atoms with Gasteiger partial charge in [0.2, 0.25) is 5.91 Å². The van der Waals surface area contributed by atoms with E-state index < -0.39 is 0 Å². The average molecular weight is 344 g/mol. The van der Waals surface area contributed by atoms with Crippen LogP contribution in [0.3, 0.4) is 0 Å². The van der Waals surface area contributed by atoms with Crippen molar-refractivity contribution in [2.75, 3.05) is 11.9 Å². The Morgan fingerprint density at radius 1 is 1.04 bits per heavy atom. The highest BCUT2D eigenvalue weighted by atomic mass is 16.1. The van der Waals surface area contributed by atoms with E-state index >= 15 is 0 Å². The molecular weight excluding hydrogens is 324 g/mol.